The second kappa shape index (κ2) is 3.83. The minimum Gasteiger partial charge on any atom is -0.377 e. The van der Waals surface area contributed by atoms with Gasteiger partial charge in [-0.2, -0.15) is 0 Å². The molecule has 3 nitrogen and oxygen atoms in total. The average molecular weight is 259 g/mol. The highest BCUT2D eigenvalue weighted by atomic mass is 16.3. The average Bonchev–Trinajstić information content (AvgIpc) is 2.39. The van der Waals surface area contributed by atoms with Crippen LogP contribution in [0.5, 0.6) is 0 Å². The lowest BCUT2D eigenvalue weighted by atomic mass is 9.57. The summed E-state index contributed by atoms with van der Waals surface area (Å²) < 4.78 is 0. The third kappa shape index (κ3) is 1.57. The van der Waals surface area contributed by atoms with Gasteiger partial charge in [0, 0.05) is 37.2 Å². The molecule has 0 spiro atoms. The number of aliphatic hydroxyl groups is 1. The molecule has 1 fully saturated rings. The van der Waals surface area contributed by atoms with Gasteiger partial charge in [0.1, 0.15) is 0 Å². The van der Waals surface area contributed by atoms with Crippen molar-refractivity contribution < 1.29 is 9.90 Å². The van der Waals surface area contributed by atoms with Gasteiger partial charge in [0.05, 0.1) is 0 Å². The van der Waals surface area contributed by atoms with Gasteiger partial charge in [-0.15, -0.1) is 0 Å². The number of Topliss-reactive ketones (excluding diaryl/α,β-unsaturated/α-hetero) is 1. The van der Waals surface area contributed by atoms with Gasteiger partial charge in [-0.3, -0.25) is 4.79 Å². The number of hydrogen-bond acceptors (Lipinski definition) is 3. The molecule has 19 heavy (non-hydrogen) atoms. The molecule has 1 aromatic rings. The van der Waals surface area contributed by atoms with Crippen LogP contribution in [0.3, 0.4) is 0 Å². The lowest BCUT2D eigenvalue weighted by Gasteiger charge is -2.53. The van der Waals surface area contributed by atoms with Crippen molar-refractivity contribution in [3.63, 3.8) is 0 Å². The summed E-state index contributed by atoms with van der Waals surface area (Å²) >= 11 is 0. The molecule has 0 radical (unpaired) electrons. The first kappa shape index (κ1) is 12.7. The minimum atomic E-state index is -1.30. The maximum Gasteiger partial charge on any atom is 0.169 e. The highest BCUT2D eigenvalue weighted by molar-refractivity contribution is 5.92. The predicted molar refractivity (Wildman–Crippen MR) is 75.1 cm³/mol. The van der Waals surface area contributed by atoms with E-state index in [9.17, 15) is 9.90 Å². The van der Waals surface area contributed by atoms with Crippen molar-refractivity contribution >= 4 is 11.5 Å². The summed E-state index contributed by atoms with van der Waals surface area (Å²) in [6.07, 6.45) is 1.33. The predicted octanol–water partition coefficient (Wildman–Crippen LogP) is 2.33. The zero-order valence-electron chi connectivity index (χ0n) is 11.8. The summed E-state index contributed by atoms with van der Waals surface area (Å²) in [4.78, 5) is 14.6. The van der Waals surface area contributed by atoms with E-state index >= 15 is 0 Å². The summed E-state index contributed by atoms with van der Waals surface area (Å²) in [6.45, 7) is 5.06. The first-order valence-electron chi connectivity index (χ1n) is 6.93. The van der Waals surface area contributed by atoms with Gasteiger partial charge < -0.3 is 10.0 Å². The second-order valence-corrected chi connectivity index (χ2v) is 6.63. The van der Waals surface area contributed by atoms with E-state index in [2.05, 4.69) is 18.7 Å². The number of benzene rings is 1. The Labute approximate surface area is 114 Å². The fourth-order valence-electron chi connectivity index (χ4n) is 3.78. The topological polar surface area (TPSA) is 40.5 Å². The highest BCUT2D eigenvalue weighted by Gasteiger charge is 2.57. The van der Waals surface area contributed by atoms with Crippen LogP contribution in [0.2, 0.25) is 0 Å². The Kier molecular flexibility index (Phi) is 2.55. The first-order chi connectivity index (χ1) is 8.87. The van der Waals surface area contributed by atoms with Crippen LogP contribution in [0.4, 0.5) is 5.69 Å². The molecule has 2 unspecified atom stereocenters. The largest absolute Gasteiger partial charge is 0.377 e. The molecule has 0 saturated heterocycles. The summed E-state index contributed by atoms with van der Waals surface area (Å²) in [5.74, 6) is -0.0569. The normalized spacial score (nSPS) is 32.7. The molecule has 1 N–H and O–H groups in total. The Balaban J connectivity index is 2.23. The third-order valence-corrected chi connectivity index (χ3v) is 5.05. The number of anilines is 1. The van der Waals surface area contributed by atoms with Gasteiger partial charge in [-0.25, -0.2) is 0 Å². The smallest absolute Gasteiger partial charge is 0.169 e. The summed E-state index contributed by atoms with van der Waals surface area (Å²) in [5, 5.41) is 11.2. The molecule has 0 bridgehead atoms. The summed E-state index contributed by atoms with van der Waals surface area (Å²) in [7, 11) is 2.04. The van der Waals surface area contributed by atoms with Crippen molar-refractivity contribution in [3.05, 3.63) is 29.8 Å². The lowest BCUT2D eigenvalue weighted by Crippen LogP contribution is -2.59. The van der Waals surface area contributed by atoms with Gasteiger partial charge >= 0.3 is 0 Å². The SMILES string of the molecule is CN1CC2C(C)(C)CCC(=O)C2(O)c2ccccc21. The van der Waals surface area contributed by atoms with Crippen LogP contribution in [0, 0.1) is 11.3 Å². The Morgan fingerprint density at radius 3 is 2.74 bits per heavy atom. The Hall–Kier alpha value is -1.35. The van der Waals surface area contributed by atoms with E-state index in [4.69, 9.17) is 0 Å². The van der Waals surface area contributed by atoms with Crippen molar-refractivity contribution in [1.82, 2.24) is 0 Å². The molecule has 102 valence electrons. The Morgan fingerprint density at radius 2 is 2.00 bits per heavy atom. The van der Waals surface area contributed by atoms with E-state index in [0.717, 1.165) is 24.2 Å². The van der Waals surface area contributed by atoms with Gasteiger partial charge in [0.2, 0.25) is 0 Å². The number of hydrogen-bond donors (Lipinski definition) is 1. The summed E-state index contributed by atoms with van der Waals surface area (Å²) in [5.41, 5.74) is 0.439. The van der Waals surface area contributed by atoms with Crippen LogP contribution in [-0.4, -0.2) is 24.5 Å². The number of ketones is 1. The summed E-state index contributed by atoms with van der Waals surface area (Å²) in [6, 6.07) is 7.75. The van der Waals surface area contributed by atoms with Crippen molar-refractivity contribution in [3.8, 4) is 0 Å². The van der Waals surface area contributed by atoms with Gasteiger partial charge in [0.25, 0.3) is 0 Å². The van der Waals surface area contributed by atoms with Crippen molar-refractivity contribution in [2.75, 3.05) is 18.5 Å². The highest BCUT2D eigenvalue weighted by Crippen LogP contribution is 2.53. The van der Waals surface area contributed by atoms with Crippen molar-refractivity contribution in [2.45, 2.75) is 32.3 Å². The van der Waals surface area contributed by atoms with E-state index < -0.39 is 5.60 Å². The number of carbonyl (C=O) groups excluding carboxylic acids is 1. The van der Waals surface area contributed by atoms with Gasteiger partial charge in [-0.05, 0) is 17.9 Å². The monoisotopic (exact) mass is 259 g/mol. The molecule has 1 saturated carbocycles. The minimum absolute atomic E-state index is 0.0163. The Bertz CT molecular complexity index is 537. The van der Waals surface area contributed by atoms with Crippen LogP contribution < -0.4 is 4.90 Å². The van der Waals surface area contributed by atoms with Crippen LogP contribution in [-0.2, 0) is 10.4 Å². The Morgan fingerprint density at radius 1 is 1.32 bits per heavy atom. The number of nitrogens with zero attached hydrogens (tertiary/aromatic N) is 1. The second-order valence-electron chi connectivity index (χ2n) is 6.63. The fraction of sp³-hybridized carbons (Fsp3) is 0.562. The van der Waals surface area contributed by atoms with Crippen LogP contribution >= 0.6 is 0 Å². The standard InChI is InChI=1S/C16H21NO2/c1-15(2)9-8-14(18)16(19)11-6-4-5-7-12(11)17(3)10-13(15)16/h4-7,13,19H,8-10H2,1-3H3. The molecule has 1 aliphatic heterocycles. The van der Waals surface area contributed by atoms with E-state index in [1.54, 1.807) is 0 Å². The molecular formula is C16H21NO2. The number of carbonyl (C=O) groups is 1. The van der Waals surface area contributed by atoms with E-state index in [1.807, 2.05) is 31.3 Å². The molecule has 3 rings (SSSR count). The number of para-hydroxylation sites is 1. The number of rotatable bonds is 0. The van der Waals surface area contributed by atoms with Crippen molar-refractivity contribution in [1.29, 1.82) is 0 Å². The van der Waals surface area contributed by atoms with Crippen LogP contribution in [0.1, 0.15) is 32.3 Å². The van der Waals surface area contributed by atoms with Gasteiger partial charge in [0.15, 0.2) is 11.4 Å². The molecule has 1 aliphatic carbocycles. The molecular weight excluding hydrogens is 238 g/mol. The van der Waals surface area contributed by atoms with E-state index in [0.29, 0.717) is 6.42 Å². The molecule has 0 aromatic heterocycles. The van der Waals surface area contributed by atoms with Crippen molar-refractivity contribution in [2.24, 2.45) is 11.3 Å². The van der Waals surface area contributed by atoms with E-state index in [-0.39, 0.29) is 17.1 Å². The molecule has 1 heterocycles. The fourth-order valence-corrected chi connectivity index (χ4v) is 3.78. The molecule has 2 atom stereocenters. The third-order valence-electron chi connectivity index (χ3n) is 5.05. The number of fused-ring (bicyclic) bond motifs is 3. The molecule has 3 heteroatoms. The quantitative estimate of drug-likeness (QED) is 0.777. The molecule has 0 amide bonds. The van der Waals surface area contributed by atoms with E-state index in [1.165, 1.54) is 0 Å². The molecule has 1 aromatic carbocycles. The molecule has 2 aliphatic rings. The lowest BCUT2D eigenvalue weighted by molar-refractivity contribution is -0.161. The zero-order valence-corrected chi connectivity index (χ0v) is 11.8. The van der Waals surface area contributed by atoms with Crippen LogP contribution in [0.25, 0.3) is 0 Å². The van der Waals surface area contributed by atoms with Gasteiger partial charge in [-0.1, -0.05) is 32.0 Å². The maximum atomic E-state index is 12.4. The van der Waals surface area contributed by atoms with Crippen LogP contribution in [0.15, 0.2) is 24.3 Å². The maximum absolute atomic E-state index is 12.4. The zero-order chi connectivity index (χ0) is 13.8. The first-order valence-corrected chi connectivity index (χ1v) is 6.93.